The van der Waals surface area contributed by atoms with Gasteiger partial charge in [-0.15, -0.1) is 11.3 Å². The van der Waals surface area contributed by atoms with Crippen LogP contribution in [0.15, 0.2) is 5.38 Å². The standard InChI is InChI=1S/C11H16N2OS/c1-7(9-4-12-5-9)11(14)3-10-6-15-8(2)13-10/h6-7,9,12H,3-5H2,1-2H3. The van der Waals surface area contributed by atoms with Gasteiger partial charge < -0.3 is 5.32 Å². The monoisotopic (exact) mass is 224 g/mol. The van der Waals surface area contributed by atoms with Crippen molar-refractivity contribution >= 4 is 17.1 Å². The molecule has 1 aromatic rings. The third-order valence-electron chi connectivity index (χ3n) is 3.05. The Balaban J connectivity index is 1.91. The van der Waals surface area contributed by atoms with E-state index >= 15 is 0 Å². The molecule has 3 nitrogen and oxygen atoms in total. The molecule has 0 spiro atoms. The number of hydrogen-bond donors (Lipinski definition) is 1. The number of nitrogens with one attached hydrogen (secondary N) is 1. The molecule has 1 atom stereocenters. The number of thiazole rings is 1. The van der Waals surface area contributed by atoms with Crippen molar-refractivity contribution in [3.8, 4) is 0 Å². The molecule has 1 saturated heterocycles. The second-order valence-corrected chi connectivity index (χ2v) is 5.27. The summed E-state index contributed by atoms with van der Waals surface area (Å²) < 4.78 is 0. The fourth-order valence-electron chi connectivity index (χ4n) is 1.76. The summed E-state index contributed by atoms with van der Waals surface area (Å²) in [6.45, 7) is 5.98. The van der Waals surface area contributed by atoms with E-state index in [0.717, 1.165) is 23.8 Å². The van der Waals surface area contributed by atoms with E-state index in [-0.39, 0.29) is 5.92 Å². The summed E-state index contributed by atoms with van der Waals surface area (Å²) in [6.07, 6.45) is 0.502. The maximum atomic E-state index is 11.9. The lowest BCUT2D eigenvalue weighted by atomic mass is 9.84. The van der Waals surface area contributed by atoms with Crippen LogP contribution in [0.4, 0.5) is 0 Å². The van der Waals surface area contributed by atoms with Gasteiger partial charge in [-0.05, 0) is 25.9 Å². The Morgan fingerprint density at radius 1 is 1.73 bits per heavy atom. The van der Waals surface area contributed by atoms with Crippen LogP contribution in [0.2, 0.25) is 0 Å². The van der Waals surface area contributed by atoms with Crippen LogP contribution in [0.3, 0.4) is 0 Å². The second kappa shape index (κ2) is 4.41. The minimum Gasteiger partial charge on any atom is -0.316 e. The van der Waals surface area contributed by atoms with Crippen molar-refractivity contribution in [2.45, 2.75) is 20.3 Å². The van der Waals surface area contributed by atoms with E-state index in [2.05, 4.69) is 10.3 Å². The van der Waals surface area contributed by atoms with Crippen LogP contribution < -0.4 is 5.32 Å². The molecule has 1 N–H and O–H groups in total. The average Bonchev–Trinajstić information content (AvgIpc) is 2.48. The molecule has 0 bridgehead atoms. The highest BCUT2D eigenvalue weighted by Gasteiger charge is 2.28. The van der Waals surface area contributed by atoms with Crippen molar-refractivity contribution in [2.24, 2.45) is 11.8 Å². The number of nitrogens with zero attached hydrogens (tertiary/aromatic N) is 1. The van der Waals surface area contributed by atoms with Gasteiger partial charge in [0.15, 0.2) is 0 Å². The zero-order valence-corrected chi connectivity index (χ0v) is 9.93. The van der Waals surface area contributed by atoms with E-state index in [0.29, 0.717) is 18.1 Å². The molecular formula is C11H16N2OS. The molecular weight excluding hydrogens is 208 g/mol. The molecule has 1 aromatic heterocycles. The lowest BCUT2D eigenvalue weighted by Gasteiger charge is -2.31. The molecule has 2 rings (SSSR count). The topological polar surface area (TPSA) is 42.0 Å². The van der Waals surface area contributed by atoms with Gasteiger partial charge in [0, 0.05) is 17.7 Å². The van der Waals surface area contributed by atoms with E-state index in [1.807, 2.05) is 19.2 Å². The van der Waals surface area contributed by atoms with Gasteiger partial charge in [0.05, 0.1) is 10.7 Å². The summed E-state index contributed by atoms with van der Waals surface area (Å²) in [6, 6.07) is 0. The first-order chi connectivity index (χ1) is 7.16. The average molecular weight is 224 g/mol. The minimum absolute atomic E-state index is 0.174. The Bertz CT molecular complexity index is 357. The third kappa shape index (κ3) is 2.44. The van der Waals surface area contributed by atoms with Gasteiger partial charge in [-0.1, -0.05) is 6.92 Å². The third-order valence-corrected chi connectivity index (χ3v) is 3.87. The zero-order chi connectivity index (χ0) is 10.8. The van der Waals surface area contributed by atoms with Crippen LogP contribution in [0.1, 0.15) is 17.6 Å². The molecule has 0 aliphatic carbocycles. The summed E-state index contributed by atoms with van der Waals surface area (Å²) in [7, 11) is 0. The molecule has 1 aliphatic heterocycles. The Labute approximate surface area is 93.9 Å². The molecule has 1 unspecified atom stereocenters. The Morgan fingerprint density at radius 2 is 2.47 bits per heavy atom. The molecule has 82 valence electrons. The predicted molar refractivity (Wildman–Crippen MR) is 61.1 cm³/mol. The second-order valence-electron chi connectivity index (χ2n) is 4.21. The van der Waals surface area contributed by atoms with Gasteiger partial charge in [-0.25, -0.2) is 4.98 Å². The van der Waals surface area contributed by atoms with Gasteiger partial charge >= 0.3 is 0 Å². The number of ketones is 1. The van der Waals surface area contributed by atoms with E-state index in [1.165, 1.54) is 0 Å². The lowest BCUT2D eigenvalue weighted by Crippen LogP contribution is -2.47. The highest BCUT2D eigenvalue weighted by molar-refractivity contribution is 7.09. The normalized spacial score (nSPS) is 18.5. The lowest BCUT2D eigenvalue weighted by molar-refractivity contribution is -0.123. The first-order valence-electron chi connectivity index (χ1n) is 5.31. The molecule has 15 heavy (non-hydrogen) atoms. The van der Waals surface area contributed by atoms with Crippen LogP contribution in [-0.4, -0.2) is 23.9 Å². The smallest absolute Gasteiger partial charge is 0.142 e. The summed E-state index contributed by atoms with van der Waals surface area (Å²) in [5, 5.41) is 6.22. The van der Waals surface area contributed by atoms with Crippen LogP contribution in [0.5, 0.6) is 0 Å². The Hall–Kier alpha value is -0.740. The first-order valence-corrected chi connectivity index (χ1v) is 6.19. The Morgan fingerprint density at radius 3 is 2.93 bits per heavy atom. The summed E-state index contributed by atoms with van der Waals surface area (Å²) >= 11 is 1.61. The molecule has 1 fully saturated rings. The SMILES string of the molecule is Cc1nc(CC(=O)C(C)C2CNC2)cs1. The van der Waals surface area contributed by atoms with Gasteiger partial charge in [-0.2, -0.15) is 0 Å². The molecule has 0 amide bonds. The number of carbonyl (C=O) groups excluding carboxylic acids is 1. The van der Waals surface area contributed by atoms with Crippen LogP contribution in [0.25, 0.3) is 0 Å². The predicted octanol–water partition coefficient (Wildman–Crippen LogP) is 1.42. The maximum absolute atomic E-state index is 11.9. The molecule has 0 radical (unpaired) electrons. The number of rotatable bonds is 4. The summed E-state index contributed by atoms with van der Waals surface area (Å²) in [4.78, 5) is 16.2. The van der Waals surface area contributed by atoms with Crippen molar-refractivity contribution in [2.75, 3.05) is 13.1 Å². The van der Waals surface area contributed by atoms with E-state index < -0.39 is 0 Å². The molecule has 4 heteroatoms. The molecule has 0 aromatic carbocycles. The fourth-order valence-corrected chi connectivity index (χ4v) is 2.37. The highest BCUT2D eigenvalue weighted by atomic mass is 32.1. The number of aromatic nitrogens is 1. The number of hydrogen-bond acceptors (Lipinski definition) is 4. The van der Waals surface area contributed by atoms with E-state index in [4.69, 9.17) is 0 Å². The number of Topliss-reactive ketones (excluding diaryl/α,β-unsaturated/α-hetero) is 1. The van der Waals surface area contributed by atoms with Crippen molar-refractivity contribution in [1.82, 2.24) is 10.3 Å². The largest absolute Gasteiger partial charge is 0.316 e. The van der Waals surface area contributed by atoms with Crippen LogP contribution in [0, 0.1) is 18.8 Å². The van der Waals surface area contributed by atoms with Gasteiger partial charge in [0.25, 0.3) is 0 Å². The van der Waals surface area contributed by atoms with Crippen LogP contribution >= 0.6 is 11.3 Å². The van der Waals surface area contributed by atoms with E-state index in [1.54, 1.807) is 11.3 Å². The quantitative estimate of drug-likeness (QED) is 0.841. The summed E-state index contributed by atoms with van der Waals surface area (Å²) in [5.41, 5.74) is 0.932. The first kappa shape index (κ1) is 10.8. The fraction of sp³-hybridized carbons (Fsp3) is 0.636. The maximum Gasteiger partial charge on any atom is 0.142 e. The van der Waals surface area contributed by atoms with Crippen molar-refractivity contribution < 1.29 is 4.79 Å². The van der Waals surface area contributed by atoms with Crippen LogP contribution in [-0.2, 0) is 11.2 Å². The van der Waals surface area contributed by atoms with Gasteiger partial charge in [0.2, 0.25) is 0 Å². The highest BCUT2D eigenvalue weighted by Crippen LogP contribution is 2.19. The molecule has 2 heterocycles. The molecule has 1 aliphatic rings. The van der Waals surface area contributed by atoms with Crippen molar-refractivity contribution in [3.05, 3.63) is 16.1 Å². The minimum atomic E-state index is 0.174. The van der Waals surface area contributed by atoms with Gasteiger partial charge in [-0.3, -0.25) is 4.79 Å². The van der Waals surface area contributed by atoms with Crippen molar-refractivity contribution in [1.29, 1.82) is 0 Å². The van der Waals surface area contributed by atoms with Gasteiger partial charge in [0.1, 0.15) is 5.78 Å². The Kier molecular flexibility index (Phi) is 3.17. The zero-order valence-electron chi connectivity index (χ0n) is 9.12. The van der Waals surface area contributed by atoms with Crippen molar-refractivity contribution in [3.63, 3.8) is 0 Å². The summed E-state index contributed by atoms with van der Waals surface area (Å²) in [5.74, 6) is 1.04. The number of aryl methyl sites for hydroxylation is 1. The molecule has 0 saturated carbocycles. The van der Waals surface area contributed by atoms with E-state index in [9.17, 15) is 4.79 Å². The number of carbonyl (C=O) groups is 1.